The summed E-state index contributed by atoms with van der Waals surface area (Å²) in [5.41, 5.74) is -0.915. The van der Waals surface area contributed by atoms with Crippen LogP contribution in [0.25, 0.3) is 11.1 Å². The zero-order valence-corrected chi connectivity index (χ0v) is 10.6. The normalized spacial score (nSPS) is 13.2. The molecule has 0 fully saturated rings. The molecule has 20 heavy (non-hydrogen) atoms. The number of benzene rings is 2. The number of rotatable bonds is 2. The van der Waals surface area contributed by atoms with Gasteiger partial charge in [-0.15, -0.1) is 0 Å². The number of hydrogen-bond donors (Lipinski definition) is 1. The molecule has 1 atom stereocenters. The monoisotopic (exact) mass is 304 g/mol. The van der Waals surface area contributed by atoms with Crippen molar-refractivity contribution in [2.24, 2.45) is 0 Å². The van der Waals surface area contributed by atoms with Gasteiger partial charge in [-0.25, -0.2) is 8.60 Å². The van der Waals surface area contributed by atoms with Crippen LogP contribution in [0.5, 0.6) is 0 Å². The largest absolute Gasteiger partial charge is 0.416 e. The van der Waals surface area contributed by atoms with E-state index in [4.69, 9.17) is 4.55 Å². The predicted molar refractivity (Wildman–Crippen MR) is 65.9 cm³/mol. The fraction of sp³-hybridized carbons (Fsp3) is 0.0769. The first-order valence-corrected chi connectivity index (χ1v) is 6.48. The highest BCUT2D eigenvalue weighted by Gasteiger charge is 2.31. The van der Waals surface area contributed by atoms with Gasteiger partial charge in [0.15, 0.2) is 11.1 Å². The molecule has 2 aromatic carbocycles. The lowest BCUT2D eigenvalue weighted by Gasteiger charge is -2.09. The van der Waals surface area contributed by atoms with Gasteiger partial charge in [0.25, 0.3) is 0 Å². The van der Waals surface area contributed by atoms with E-state index in [0.717, 1.165) is 12.1 Å². The third-order valence-corrected chi connectivity index (χ3v) is 3.30. The van der Waals surface area contributed by atoms with Gasteiger partial charge in [-0.1, -0.05) is 18.2 Å². The molecular weight excluding hydrogens is 296 g/mol. The van der Waals surface area contributed by atoms with E-state index in [-0.39, 0.29) is 16.0 Å². The van der Waals surface area contributed by atoms with Gasteiger partial charge in [-0.3, -0.25) is 0 Å². The van der Waals surface area contributed by atoms with Crippen molar-refractivity contribution in [3.63, 3.8) is 0 Å². The van der Waals surface area contributed by atoms with Crippen LogP contribution in [-0.4, -0.2) is 8.76 Å². The minimum atomic E-state index is -4.62. The maximum atomic E-state index is 13.8. The molecule has 2 rings (SSSR count). The summed E-state index contributed by atoms with van der Waals surface area (Å²) in [6.07, 6.45) is -4.62. The van der Waals surface area contributed by atoms with E-state index >= 15 is 0 Å². The van der Waals surface area contributed by atoms with Crippen molar-refractivity contribution >= 4 is 11.1 Å². The smallest absolute Gasteiger partial charge is 0.302 e. The molecular formula is C13H8F4O2S. The van der Waals surface area contributed by atoms with Crippen LogP contribution in [0.2, 0.25) is 0 Å². The van der Waals surface area contributed by atoms with Gasteiger partial charge in [0, 0.05) is 5.56 Å². The van der Waals surface area contributed by atoms with E-state index in [1.54, 1.807) is 0 Å². The Morgan fingerprint density at radius 1 is 1.05 bits per heavy atom. The summed E-state index contributed by atoms with van der Waals surface area (Å²) in [6.45, 7) is 0. The van der Waals surface area contributed by atoms with Crippen molar-refractivity contribution < 1.29 is 26.3 Å². The summed E-state index contributed by atoms with van der Waals surface area (Å²) in [5.74, 6) is -1.04. The Hall–Kier alpha value is -1.73. The average molecular weight is 304 g/mol. The minimum absolute atomic E-state index is 0.0433. The Morgan fingerprint density at radius 2 is 1.75 bits per heavy atom. The highest BCUT2D eigenvalue weighted by molar-refractivity contribution is 7.79. The number of alkyl halides is 3. The summed E-state index contributed by atoms with van der Waals surface area (Å²) in [5, 5.41) is 0. The molecule has 2 nitrogen and oxygen atoms in total. The van der Waals surface area contributed by atoms with Gasteiger partial charge >= 0.3 is 6.18 Å². The Balaban J connectivity index is 2.49. The van der Waals surface area contributed by atoms with Crippen molar-refractivity contribution in [2.75, 3.05) is 0 Å². The van der Waals surface area contributed by atoms with E-state index in [0.29, 0.717) is 6.07 Å². The lowest BCUT2D eigenvalue weighted by Crippen LogP contribution is -2.05. The fourth-order valence-electron chi connectivity index (χ4n) is 1.70. The second kappa shape index (κ2) is 5.34. The molecule has 106 valence electrons. The van der Waals surface area contributed by atoms with Gasteiger partial charge < -0.3 is 4.55 Å². The van der Waals surface area contributed by atoms with E-state index < -0.39 is 28.6 Å². The second-order valence-electron chi connectivity index (χ2n) is 3.97. The molecule has 0 saturated heterocycles. The molecule has 0 radical (unpaired) electrons. The molecule has 0 amide bonds. The maximum absolute atomic E-state index is 13.8. The van der Waals surface area contributed by atoms with E-state index in [9.17, 15) is 21.8 Å². The summed E-state index contributed by atoms with van der Waals surface area (Å²) in [6, 6.07) is 7.65. The zero-order chi connectivity index (χ0) is 14.9. The minimum Gasteiger partial charge on any atom is -0.302 e. The Kier molecular flexibility index (Phi) is 3.92. The van der Waals surface area contributed by atoms with Crippen LogP contribution in [0.4, 0.5) is 17.6 Å². The van der Waals surface area contributed by atoms with Crippen molar-refractivity contribution in [1.82, 2.24) is 0 Å². The molecule has 0 aliphatic rings. The van der Waals surface area contributed by atoms with Crippen molar-refractivity contribution in [2.45, 2.75) is 11.1 Å². The molecule has 1 N–H and O–H groups in total. The summed E-state index contributed by atoms with van der Waals surface area (Å²) < 4.78 is 70.9. The molecule has 0 aliphatic carbocycles. The molecule has 0 bridgehead atoms. The van der Waals surface area contributed by atoms with Crippen LogP contribution in [0.1, 0.15) is 5.56 Å². The highest BCUT2D eigenvalue weighted by atomic mass is 32.2. The molecule has 0 spiro atoms. The topological polar surface area (TPSA) is 37.3 Å². The molecule has 0 aromatic heterocycles. The van der Waals surface area contributed by atoms with E-state index in [1.165, 1.54) is 24.3 Å². The Bertz CT molecular complexity index is 668. The third kappa shape index (κ3) is 3.05. The second-order valence-corrected chi connectivity index (χ2v) is 4.94. The van der Waals surface area contributed by atoms with Gasteiger partial charge in [-0.2, -0.15) is 13.2 Å². The number of hydrogen-bond acceptors (Lipinski definition) is 1. The van der Waals surface area contributed by atoms with Crippen molar-refractivity contribution in [3.05, 3.63) is 53.8 Å². The van der Waals surface area contributed by atoms with Crippen molar-refractivity contribution in [1.29, 1.82) is 0 Å². The van der Waals surface area contributed by atoms with Crippen LogP contribution in [0, 0.1) is 5.82 Å². The van der Waals surface area contributed by atoms with Crippen LogP contribution in [0.3, 0.4) is 0 Å². The lowest BCUT2D eigenvalue weighted by molar-refractivity contribution is -0.137. The van der Waals surface area contributed by atoms with Gasteiger partial charge in [0.05, 0.1) is 10.5 Å². The lowest BCUT2D eigenvalue weighted by atomic mass is 10.0. The van der Waals surface area contributed by atoms with Crippen LogP contribution in [0.15, 0.2) is 47.4 Å². The predicted octanol–water partition coefficient (Wildman–Crippen LogP) is 4.09. The molecule has 0 heterocycles. The average Bonchev–Trinajstić information content (AvgIpc) is 2.37. The molecule has 0 aliphatic heterocycles. The van der Waals surface area contributed by atoms with Crippen LogP contribution >= 0.6 is 0 Å². The Morgan fingerprint density at radius 3 is 2.30 bits per heavy atom. The molecule has 7 heteroatoms. The van der Waals surface area contributed by atoms with Crippen molar-refractivity contribution in [3.8, 4) is 11.1 Å². The summed E-state index contributed by atoms with van der Waals surface area (Å²) in [7, 11) is 0. The quantitative estimate of drug-likeness (QED) is 0.670. The van der Waals surface area contributed by atoms with Gasteiger partial charge in [0.2, 0.25) is 0 Å². The molecule has 0 saturated carbocycles. The summed E-state index contributed by atoms with van der Waals surface area (Å²) in [4.78, 5) is 0.0433. The highest BCUT2D eigenvalue weighted by Crippen LogP contribution is 2.33. The van der Waals surface area contributed by atoms with E-state index in [1.807, 2.05) is 0 Å². The first-order chi connectivity index (χ1) is 9.29. The zero-order valence-electron chi connectivity index (χ0n) is 9.82. The summed E-state index contributed by atoms with van der Waals surface area (Å²) >= 11 is -2.24. The Labute approximate surface area is 114 Å². The van der Waals surface area contributed by atoms with Gasteiger partial charge in [-0.05, 0) is 29.8 Å². The molecule has 2 aromatic rings. The van der Waals surface area contributed by atoms with Crippen LogP contribution in [-0.2, 0) is 17.3 Å². The maximum Gasteiger partial charge on any atom is 0.416 e. The van der Waals surface area contributed by atoms with Gasteiger partial charge in [0.1, 0.15) is 5.82 Å². The SMILES string of the molecule is O=S(O)c1cccc(-c2ccc(C(F)(F)F)cc2F)c1. The standard InChI is InChI=1S/C13H8F4O2S/c14-12-7-9(13(15,16)17)4-5-11(12)8-2-1-3-10(6-8)20(18)19/h1-7H,(H,18,19). The first-order valence-electron chi connectivity index (χ1n) is 5.37. The fourth-order valence-corrected chi connectivity index (χ4v) is 2.12. The van der Waals surface area contributed by atoms with E-state index in [2.05, 4.69) is 0 Å². The third-order valence-electron chi connectivity index (χ3n) is 2.64. The first kappa shape index (κ1) is 14.7. The number of halogens is 4. The van der Waals surface area contributed by atoms with Crippen LogP contribution < -0.4 is 0 Å². The molecule has 1 unspecified atom stereocenters.